The molecule has 1 N–H and O–H groups in total. The van der Waals surface area contributed by atoms with Gasteiger partial charge in [-0.1, -0.05) is 13.8 Å². The summed E-state index contributed by atoms with van der Waals surface area (Å²) in [5.74, 6) is 0.397. The van der Waals surface area contributed by atoms with Crippen LogP contribution in [0.5, 0.6) is 0 Å². The van der Waals surface area contributed by atoms with Crippen molar-refractivity contribution in [1.29, 1.82) is 0 Å². The van der Waals surface area contributed by atoms with Gasteiger partial charge in [-0.15, -0.1) is 0 Å². The predicted octanol–water partition coefficient (Wildman–Crippen LogP) is 0.683. The average Bonchev–Trinajstić information content (AvgIpc) is 2.34. The van der Waals surface area contributed by atoms with Gasteiger partial charge in [0.25, 0.3) is 0 Å². The van der Waals surface area contributed by atoms with Gasteiger partial charge in [-0.2, -0.15) is 0 Å². The van der Waals surface area contributed by atoms with E-state index in [9.17, 15) is 13.2 Å². The molecule has 0 spiro atoms. The summed E-state index contributed by atoms with van der Waals surface area (Å²) in [6.45, 7) is 3.99. The highest BCUT2D eigenvalue weighted by molar-refractivity contribution is 7.88. The fourth-order valence-electron chi connectivity index (χ4n) is 3.23. The van der Waals surface area contributed by atoms with E-state index in [0.717, 1.165) is 12.7 Å². The van der Waals surface area contributed by atoms with Gasteiger partial charge in [-0.3, -0.25) is 4.79 Å². The highest BCUT2D eigenvalue weighted by atomic mass is 32.2. The Balaban J connectivity index is 2.45. The van der Waals surface area contributed by atoms with Crippen LogP contribution in [0.2, 0.25) is 0 Å². The number of fused-ring (bicyclic) bond motifs is 2. The molecule has 2 fully saturated rings. The Hall–Kier alpha value is -0.420. The summed E-state index contributed by atoms with van der Waals surface area (Å²) in [6.07, 6.45) is 3.24. The third-order valence-electron chi connectivity index (χ3n) is 4.26. The largest absolute Gasteiger partial charge is 0.298 e. The average molecular weight is 231 g/mol. The molecular formula is C10H17NO3S. The Labute approximate surface area is 90.5 Å². The number of Topliss-reactive ketones (excluding diaryl/α,β-unsaturated/α-hetero) is 1. The van der Waals surface area contributed by atoms with E-state index >= 15 is 0 Å². The highest BCUT2D eigenvalue weighted by Gasteiger charge is 2.65. The number of rotatable bonds is 2. The molecule has 2 aliphatic carbocycles. The summed E-state index contributed by atoms with van der Waals surface area (Å²) in [5, 5.41) is 0. The van der Waals surface area contributed by atoms with Crippen LogP contribution in [0, 0.1) is 11.3 Å². The molecule has 0 heterocycles. The van der Waals surface area contributed by atoms with Crippen molar-refractivity contribution in [3.05, 3.63) is 0 Å². The smallest absolute Gasteiger partial charge is 0.209 e. The van der Waals surface area contributed by atoms with E-state index < -0.39 is 15.6 Å². The molecule has 0 aromatic heterocycles. The van der Waals surface area contributed by atoms with Crippen molar-refractivity contribution in [2.75, 3.05) is 6.26 Å². The first kappa shape index (κ1) is 11.1. The van der Waals surface area contributed by atoms with Crippen LogP contribution in [0.3, 0.4) is 0 Å². The second-order valence-corrected chi connectivity index (χ2v) is 7.11. The molecule has 86 valence electrons. The summed E-state index contributed by atoms with van der Waals surface area (Å²) in [6, 6.07) is 0. The van der Waals surface area contributed by atoms with Gasteiger partial charge in [0.2, 0.25) is 10.0 Å². The molecule has 2 aliphatic rings. The molecule has 0 amide bonds. The van der Waals surface area contributed by atoms with Gasteiger partial charge in [0, 0.05) is 6.42 Å². The molecular weight excluding hydrogens is 214 g/mol. The summed E-state index contributed by atoms with van der Waals surface area (Å²) in [7, 11) is -3.33. The quantitative estimate of drug-likeness (QED) is 0.760. The van der Waals surface area contributed by atoms with Crippen LogP contribution in [-0.4, -0.2) is 26.0 Å². The molecule has 0 aliphatic heterocycles. The maximum Gasteiger partial charge on any atom is 0.209 e. The molecule has 4 nitrogen and oxygen atoms in total. The third-order valence-corrected chi connectivity index (χ3v) is 4.98. The van der Waals surface area contributed by atoms with Crippen molar-refractivity contribution in [3.63, 3.8) is 0 Å². The summed E-state index contributed by atoms with van der Waals surface area (Å²) in [4.78, 5) is 11.9. The van der Waals surface area contributed by atoms with Crippen LogP contribution in [0.25, 0.3) is 0 Å². The second-order valence-electron chi connectivity index (χ2n) is 5.36. The summed E-state index contributed by atoms with van der Waals surface area (Å²) >= 11 is 0. The number of ketones is 1. The normalized spacial score (nSPS) is 38.6. The fourth-order valence-corrected chi connectivity index (χ4v) is 4.34. The first-order chi connectivity index (χ1) is 6.69. The molecule has 0 aromatic rings. The second kappa shape index (κ2) is 2.83. The highest BCUT2D eigenvalue weighted by Crippen LogP contribution is 2.58. The topological polar surface area (TPSA) is 63.2 Å². The Morgan fingerprint density at radius 1 is 1.40 bits per heavy atom. The lowest BCUT2D eigenvalue weighted by atomic mass is 9.77. The van der Waals surface area contributed by atoms with Crippen LogP contribution in [-0.2, 0) is 14.8 Å². The maximum atomic E-state index is 11.9. The number of carbonyl (C=O) groups is 1. The standard InChI is InChI=1S/C10H17NO3S/c1-9(2)7-4-5-10(9,8(12)6-7)11-15(3,13)14/h7,11H,4-6H2,1-3H3/t7?,10-/m1/s1. The van der Waals surface area contributed by atoms with Crippen LogP contribution >= 0.6 is 0 Å². The van der Waals surface area contributed by atoms with E-state index in [2.05, 4.69) is 4.72 Å². The van der Waals surface area contributed by atoms with E-state index in [-0.39, 0.29) is 11.2 Å². The van der Waals surface area contributed by atoms with E-state index in [1.165, 1.54) is 0 Å². The van der Waals surface area contributed by atoms with Crippen LogP contribution < -0.4 is 4.72 Å². The first-order valence-electron chi connectivity index (χ1n) is 5.21. The van der Waals surface area contributed by atoms with E-state index in [1.54, 1.807) is 0 Å². The zero-order chi connectivity index (χ0) is 11.5. The fraction of sp³-hybridized carbons (Fsp3) is 0.900. The molecule has 0 aromatic carbocycles. The van der Waals surface area contributed by atoms with Crippen molar-refractivity contribution < 1.29 is 13.2 Å². The third kappa shape index (κ3) is 1.36. The van der Waals surface area contributed by atoms with Crippen LogP contribution in [0.15, 0.2) is 0 Å². The zero-order valence-corrected chi connectivity index (χ0v) is 10.1. The number of hydrogen-bond donors (Lipinski definition) is 1. The molecule has 5 heteroatoms. The molecule has 1 unspecified atom stereocenters. The van der Waals surface area contributed by atoms with E-state index in [4.69, 9.17) is 0 Å². The number of nitrogens with one attached hydrogen (secondary N) is 1. The number of carbonyl (C=O) groups excluding carboxylic acids is 1. The van der Waals surface area contributed by atoms with Gasteiger partial charge in [-0.05, 0) is 24.2 Å². The molecule has 2 rings (SSSR count). The molecule has 2 bridgehead atoms. The van der Waals surface area contributed by atoms with Crippen LogP contribution in [0.4, 0.5) is 0 Å². The van der Waals surface area contributed by atoms with Crippen molar-refractivity contribution in [1.82, 2.24) is 4.72 Å². The molecule has 0 radical (unpaired) electrons. The minimum Gasteiger partial charge on any atom is -0.298 e. The lowest BCUT2D eigenvalue weighted by Gasteiger charge is -2.36. The summed E-state index contributed by atoms with van der Waals surface area (Å²) < 4.78 is 25.3. The van der Waals surface area contributed by atoms with Gasteiger partial charge in [0.05, 0.1) is 11.8 Å². The van der Waals surface area contributed by atoms with Crippen molar-refractivity contribution in [2.24, 2.45) is 11.3 Å². The van der Waals surface area contributed by atoms with Crippen molar-refractivity contribution in [2.45, 2.75) is 38.6 Å². The maximum absolute atomic E-state index is 11.9. The molecule has 15 heavy (non-hydrogen) atoms. The number of hydrogen-bond acceptors (Lipinski definition) is 3. The van der Waals surface area contributed by atoms with Gasteiger partial charge < -0.3 is 0 Å². The first-order valence-corrected chi connectivity index (χ1v) is 7.10. The Morgan fingerprint density at radius 2 is 2.00 bits per heavy atom. The Bertz CT molecular complexity index is 412. The van der Waals surface area contributed by atoms with Gasteiger partial charge in [0.1, 0.15) is 0 Å². The van der Waals surface area contributed by atoms with Gasteiger partial charge in [-0.25, -0.2) is 13.1 Å². The van der Waals surface area contributed by atoms with Crippen molar-refractivity contribution in [3.8, 4) is 0 Å². The lowest BCUT2D eigenvalue weighted by molar-refractivity contribution is -0.124. The number of sulfonamides is 1. The monoisotopic (exact) mass is 231 g/mol. The lowest BCUT2D eigenvalue weighted by Crippen LogP contribution is -2.57. The SMILES string of the molecule is CC1(C)C2CC[C@@]1(NS(C)(=O)=O)C(=O)C2. The van der Waals surface area contributed by atoms with Crippen molar-refractivity contribution >= 4 is 15.8 Å². The molecule has 2 atom stereocenters. The van der Waals surface area contributed by atoms with Crippen LogP contribution in [0.1, 0.15) is 33.1 Å². The predicted molar refractivity (Wildman–Crippen MR) is 56.8 cm³/mol. The van der Waals surface area contributed by atoms with E-state index in [1.807, 2.05) is 13.8 Å². The van der Waals surface area contributed by atoms with E-state index in [0.29, 0.717) is 18.8 Å². The Morgan fingerprint density at radius 3 is 2.33 bits per heavy atom. The molecule has 0 saturated heterocycles. The van der Waals surface area contributed by atoms with Gasteiger partial charge in [0.15, 0.2) is 5.78 Å². The summed E-state index contributed by atoms with van der Waals surface area (Å²) in [5.41, 5.74) is -1.07. The minimum atomic E-state index is -3.33. The van der Waals surface area contributed by atoms with Gasteiger partial charge >= 0.3 is 0 Å². The molecule has 2 saturated carbocycles. The zero-order valence-electron chi connectivity index (χ0n) is 9.33. The minimum absolute atomic E-state index is 0.0641. The Kier molecular flexibility index (Phi) is 2.09.